The number of nitrogens with one attached hydrogen (secondary N) is 1. The van der Waals surface area contributed by atoms with Crippen LogP contribution in [0.5, 0.6) is 5.75 Å². The summed E-state index contributed by atoms with van der Waals surface area (Å²) in [5, 5.41) is 3.46. The molecule has 0 bridgehead atoms. The molecule has 1 atom stereocenters. The average molecular weight is 296 g/mol. The van der Waals surface area contributed by atoms with Gasteiger partial charge in [-0.3, -0.25) is 0 Å². The van der Waals surface area contributed by atoms with Crippen molar-refractivity contribution in [2.45, 2.75) is 37.7 Å². The second kappa shape index (κ2) is 4.99. The second-order valence-corrected chi connectivity index (χ2v) is 5.90. The molecule has 2 fully saturated rings. The molecule has 3 heteroatoms. The van der Waals surface area contributed by atoms with Crippen LogP contribution in [0.25, 0.3) is 0 Å². The van der Waals surface area contributed by atoms with Crippen molar-refractivity contribution >= 4 is 15.9 Å². The standard InChI is InChI=1S/C14H18BrNO/c15-13-8-10(11-2-1-7-16-9-11)3-6-14(13)17-12-4-5-12/h3,6,8,11-12,16H,1-2,4-5,7,9H2. The lowest BCUT2D eigenvalue weighted by Gasteiger charge is -2.23. The van der Waals surface area contributed by atoms with Crippen LogP contribution in [0.1, 0.15) is 37.2 Å². The Hall–Kier alpha value is -0.540. The van der Waals surface area contributed by atoms with E-state index in [2.05, 4.69) is 39.4 Å². The van der Waals surface area contributed by atoms with Gasteiger partial charge in [-0.1, -0.05) is 6.07 Å². The first-order valence-electron chi connectivity index (χ1n) is 6.50. The minimum atomic E-state index is 0.466. The Bertz CT molecular complexity index is 397. The zero-order valence-electron chi connectivity index (χ0n) is 9.92. The average Bonchev–Trinajstić information content (AvgIpc) is 3.17. The summed E-state index contributed by atoms with van der Waals surface area (Å²) >= 11 is 3.62. The SMILES string of the molecule is Brc1cc(C2CCCNC2)ccc1OC1CC1. The third kappa shape index (κ3) is 2.83. The maximum absolute atomic E-state index is 5.84. The number of halogens is 1. The van der Waals surface area contributed by atoms with E-state index in [0.29, 0.717) is 12.0 Å². The summed E-state index contributed by atoms with van der Waals surface area (Å²) in [7, 11) is 0. The van der Waals surface area contributed by atoms with Crippen molar-refractivity contribution in [2.75, 3.05) is 13.1 Å². The molecule has 1 aliphatic heterocycles. The highest BCUT2D eigenvalue weighted by molar-refractivity contribution is 9.10. The van der Waals surface area contributed by atoms with Crippen LogP contribution in [0, 0.1) is 0 Å². The molecule has 1 unspecified atom stereocenters. The molecule has 0 amide bonds. The first kappa shape index (κ1) is 11.5. The highest BCUT2D eigenvalue weighted by atomic mass is 79.9. The molecule has 92 valence electrons. The van der Waals surface area contributed by atoms with Crippen LogP contribution < -0.4 is 10.1 Å². The quantitative estimate of drug-likeness (QED) is 0.922. The van der Waals surface area contributed by atoms with Gasteiger partial charge in [0.2, 0.25) is 0 Å². The Labute approximate surface area is 111 Å². The van der Waals surface area contributed by atoms with Crippen molar-refractivity contribution in [3.05, 3.63) is 28.2 Å². The molecule has 17 heavy (non-hydrogen) atoms. The highest BCUT2D eigenvalue weighted by Gasteiger charge is 2.24. The van der Waals surface area contributed by atoms with E-state index in [0.717, 1.165) is 16.8 Å². The summed E-state index contributed by atoms with van der Waals surface area (Å²) in [6, 6.07) is 6.57. The van der Waals surface area contributed by atoms with Crippen molar-refractivity contribution in [3.63, 3.8) is 0 Å². The Balaban J connectivity index is 1.74. The van der Waals surface area contributed by atoms with Gasteiger partial charge >= 0.3 is 0 Å². The zero-order chi connectivity index (χ0) is 11.7. The van der Waals surface area contributed by atoms with Crippen molar-refractivity contribution in [2.24, 2.45) is 0 Å². The molecule has 1 aromatic rings. The summed E-state index contributed by atoms with van der Waals surface area (Å²) in [4.78, 5) is 0. The topological polar surface area (TPSA) is 21.3 Å². The first-order chi connectivity index (χ1) is 8.33. The van der Waals surface area contributed by atoms with E-state index >= 15 is 0 Å². The molecule has 1 heterocycles. The van der Waals surface area contributed by atoms with Crippen LogP contribution in [-0.4, -0.2) is 19.2 Å². The van der Waals surface area contributed by atoms with E-state index in [1.165, 1.54) is 37.8 Å². The highest BCUT2D eigenvalue weighted by Crippen LogP contribution is 2.35. The predicted octanol–water partition coefficient (Wildman–Crippen LogP) is 3.46. The van der Waals surface area contributed by atoms with Gasteiger partial charge in [0.1, 0.15) is 5.75 Å². The van der Waals surface area contributed by atoms with Gasteiger partial charge in [0.25, 0.3) is 0 Å². The van der Waals surface area contributed by atoms with Crippen molar-refractivity contribution in [3.8, 4) is 5.75 Å². The molecule has 0 radical (unpaired) electrons. The monoisotopic (exact) mass is 295 g/mol. The molecule has 1 aromatic carbocycles. The molecule has 1 saturated heterocycles. The van der Waals surface area contributed by atoms with Gasteiger partial charge in [-0.05, 0) is 71.8 Å². The van der Waals surface area contributed by atoms with E-state index in [9.17, 15) is 0 Å². The number of hydrogen-bond acceptors (Lipinski definition) is 2. The molecule has 0 aromatic heterocycles. The Kier molecular flexibility index (Phi) is 3.39. The molecule has 1 saturated carbocycles. The number of benzene rings is 1. The maximum Gasteiger partial charge on any atom is 0.133 e. The Morgan fingerprint density at radius 1 is 1.24 bits per heavy atom. The largest absolute Gasteiger partial charge is 0.489 e. The summed E-state index contributed by atoms with van der Waals surface area (Å²) in [5.41, 5.74) is 1.42. The molecule has 1 N–H and O–H groups in total. The Morgan fingerprint density at radius 2 is 2.12 bits per heavy atom. The Morgan fingerprint density at radius 3 is 2.76 bits per heavy atom. The fourth-order valence-electron chi connectivity index (χ4n) is 2.37. The lowest BCUT2D eigenvalue weighted by Crippen LogP contribution is -2.28. The molecule has 2 aliphatic rings. The lowest BCUT2D eigenvalue weighted by molar-refractivity contribution is 0.301. The fraction of sp³-hybridized carbons (Fsp3) is 0.571. The van der Waals surface area contributed by atoms with Crippen LogP contribution in [0.3, 0.4) is 0 Å². The summed E-state index contributed by atoms with van der Waals surface area (Å²) in [5.74, 6) is 1.66. The molecule has 1 aliphatic carbocycles. The fourth-order valence-corrected chi connectivity index (χ4v) is 2.86. The smallest absolute Gasteiger partial charge is 0.133 e. The van der Waals surface area contributed by atoms with Gasteiger partial charge in [0.15, 0.2) is 0 Å². The molecular weight excluding hydrogens is 278 g/mol. The summed E-state index contributed by atoms with van der Waals surface area (Å²) in [6.07, 6.45) is 5.46. The predicted molar refractivity (Wildman–Crippen MR) is 72.6 cm³/mol. The van der Waals surface area contributed by atoms with Gasteiger partial charge in [0, 0.05) is 6.54 Å². The number of piperidine rings is 1. The van der Waals surface area contributed by atoms with Crippen molar-refractivity contribution in [1.29, 1.82) is 0 Å². The minimum absolute atomic E-state index is 0.466. The molecular formula is C14H18BrNO. The van der Waals surface area contributed by atoms with E-state index < -0.39 is 0 Å². The van der Waals surface area contributed by atoms with Gasteiger partial charge in [-0.2, -0.15) is 0 Å². The van der Waals surface area contributed by atoms with E-state index in [-0.39, 0.29) is 0 Å². The number of ether oxygens (including phenoxy) is 1. The number of hydrogen-bond donors (Lipinski definition) is 1. The summed E-state index contributed by atoms with van der Waals surface area (Å²) in [6.45, 7) is 2.27. The molecule has 2 nitrogen and oxygen atoms in total. The number of rotatable bonds is 3. The summed E-state index contributed by atoms with van der Waals surface area (Å²) < 4.78 is 6.94. The zero-order valence-corrected chi connectivity index (χ0v) is 11.5. The first-order valence-corrected chi connectivity index (χ1v) is 7.29. The van der Waals surface area contributed by atoms with E-state index in [4.69, 9.17) is 4.74 Å². The van der Waals surface area contributed by atoms with Crippen molar-refractivity contribution in [1.82, 2.24) is 5.32 Å². The van der Waals surface area contributed by atoms with Crippen LogP contribution in [0.2, 0.25) is 0 Å². The van der Waals surface area contributed by atoms with Gasteiger partial charge in [0.05, 0.1) is 10.6 Å². The van der Waals surface area contributed by atoms with E-state index in [1.54, 1.807) is 0 Å². The normalized spacial score (nSPS) is 24.6. The van der Waals surface area contributed by atoms with Crippen LogP contribution in [-0.2, 0) is 0 Å². The molecule has 0 spiro atoms. The maximum atomic E-state index is 5.84. The molecule has 3 rings (SSSR count). The van der Waals surface area contributed by atoms with Crippen molar-refractivity contribution < 1.29 is 4.74 Å². The van der Waals surface area contributed by atoms with Gasteiger partial charge in [-0.25, -0.2) is 0 Å². The van der Waals surface area contributed by atoms with Crippen LogP contribution in [0.4, 0.5) is 0 Å². The third-order valence-corrected chi connectivity index (χ3v) is 4.16. The van der Waals surface area contributed by atoms with Gasteiger partial charge in [-0.15, -0.1) is 0 Å². The van der Waals surface area contributed by atoms with Gasteiger partial charge < -0.3 is 10.1 Å². The third-order valence-electron chi connectivity index (χ3n) is 3.54. The lowest BCUT2D eigenvalue weighted by atomic mass is 9.92. The van der Waals surface area contributed by atoms with E-state index in [1.807, 2.05) is 0 Å². The van der Waals surface area contributed by atoms with Crippen LogP contribution >= 0.6 is 15.9 Å². The second-order valence-electron chi connectivity index (χ2n) is 5.05. The minimum Gasteiger partial charge on any atom is -0.489 e. The van der Waals surface area contributed by atoms with Crippen LogP contribution in [0.15, 0.2) is 22.7 Å².